The highest BCUT2D eigenvalue weighted by Crippen LogP contribution is 2.63. The molecule has 0 spiro atoms. The van der Waals surface area contributed by atoms with Gasteiger partial charge in [0.2, 0.25) is 0 Å². The van der Waals surface area contributed by atoms with E-state index in [9.17, 15) is 0 Å². The Bertz CT molecular complexity index is 375. The molecule has 3 saturated carbocycles. The largest absolute Gasteiger partial charge is 0.0884 e. The SMILES string of the molecule is C/C=C1\CC[C@H]2[C@@H](CCC3C(C)(C)CCC[C@@]32C)C1. The van der Waals surface area contributed by atoms with Crippen LogP contribution in [-0.2, 0) is 0 Å². The minimum atomic E-state index is 0.596. The van der Waals surface area contributed by atoms with E-state index in [1.807, 2.05) is 0 Å². The minimum Gasteiger partial charge on any atom is -0.0884 e. The lowest BCUT2D eigenvalue weighted by atomic mass is 9.44. The van der Waals surface area contributed by atoms with Gasteiger partial charge >= 0.3 is 0 Å². The van der Waals surface area contributed by atoms with Gasteiger partial charge in [0.05, 0.1) is 0 Å². The number of fused-ring (bicyclic) bond motifs is 3. The lowest BCUT2D eigenvalue weighted by Gasteiger charge is -2.60. The number of rotatable bonds is 0. The lowest BCUT2D eigenvalue weighted by molar-refractivity contribution is -0.104. The van der Waals surface area contributed by atoms with Crippen molar-refractivity contribution in [2.45, 2.75) is 79.1 Å². The van der Waals surface area contributed by atoms with Gasteiger partial charge in [0.15, 0.2) is 0 Å². The summed E-state index contributed by atoms with van der Waals surface area (Å²) in [5, 5.41) is 0. The van der Waals surface area contributed by atoms with Crippen molar-refractivity contribution in [1.29, 1.82) is 0 Å². The van der Waals surface area contributed by atoms with Crippen molar-refractivity contribution in [2.75, 3.05) is 0 Å². The fraction of sp³-hybridized carbons (Fsp3) is 0.895. The molecule has 0 heterocycles. The van der Waals surface area contributed by atoms with Crippen molar-refractivity contribution in [3.8, 4) is 0 Å². The zero-order chi connectivity index (χ0) is 13.7. The Hall–Kier alpha value is -0.260. The zero-order valence-corrected chi connectivity index (χ0v) is 13.5. The van der Waals surface area contributed by atoms with E-state index < -0.39 is 0 Å². The molecule has 0 bridgehead atoms. The Labute approximate surface area is 120 Å². The molecule has 0 aliphatic heterocycles. The highest BCUT2D eigenvalue weighted by molar-refractivity contribution is 5.12. The molecule has 1 unspecified atom stereocenters. The number of hydrogen-bond donors (Lipinski definition) is 0. The average Bonchev–Trinajstić information content (AvgIpc) is 2.37. The van der Waals surface area contributed by atoms with Gasteiger partial charge in [0, 0.05) is 0 Å². The molecule has 0 aromatic heterocycles. The van der Waals surface area contributed by atoms with E-state index in [4.69, 9.17) is 0 Å². The molecule has 3 fully saturated rings. The number of allylic oxidation sites excluding steroid dienone is 2. The molecule has 0 radical (unpaired) electrons. The van der Waals surface area contributed by atoms with E-state index in [0.29, 0.717) is 10.8 Å². The van der Waals surface area contributed by atoms with Crippen molar-refractivity contribution < 1.29 is 0 Å². The molecular weight excluding hydrogens is 228 g/mol. The maximum Gasteiger partial charge on any atom is -0.0261 e. The predicted molar refractivity (Wildman–Crippen MR) is 83.1 cm³/mol. The third-order valence-electron chi connectivity index (χ3n) is 7.23. The Morgan fingerprint density at radius 3 is 2.58 bits per heavy atom. The molecule has 3 rings (SSSR count). The Kier molecular flexibility index (Phi) is 3.35. The van der Waals surface area contributed by atoms with E-state index in [1.165, 1.54) is 51.4 Å². The van der Waals surface area contributed by atoms with Crippen molar-refractivity contribution in [2.24, 2.45) is 28.6 Å². The summed E-state index contributed by atoms with van der Waals surface area (Å²) in [6.07, 6.45) is 14.1. The van der Waals surface area contributed by atoms with E-state index >= 15 is 0 Å². The van der Waals surface area contributed by atoms with Crippen molar-refractivity contribution in [3.05, 3.63) is 11.6 Å². The highest BCUT2D eigenvalue weighted by Gasteiger charge is 2.54. The van der Waals surface area contributed by atoms with E-state index in [2.05, 4.69) is 33.8 Å². The quantitative estimate of drug-likeness (QED) is 0.470. The van der Waals surface area contributed by atoms with Crippen LogP contribution in [0.2, 0.25) is 0 Å². The summed E-state index contributed by atoms with van der Waals surface area (Å²) < 4.78 is 0. The topological polar surface area (TPSA) is 0 Å². The molecule has 4 atom stereocenters. The molecule has 0 aromatic carbocycles. The summed E-state index contributed by atoms with van der Waals surface area (Å²) in [6.45, 7) is 10.0. The fourth-order valence-electron chi connectivity index (χ4n) is 6.30. The van der Waals surface area contributed by atoms with Gasteiger partial charge in [-0.25, -0.2) is 0 Å². The molecule has 0 nitrogen and oxygen atoms in total. The van der Waals surface area contributed by atoms with Gasteiger partial charge in [-0.1, -0.05) is 38.8 Å². The zero-order valence-electron chi connectivity index (χ0n) is 13.5. The summed E-state index contributed by atoms with van der Waals surface area (Å²) in [5.74, 6) is 3.02. The normalized spacial score (nSPS) is 47.6. The van der Waals surface area contributed by atoms with Crippen LogP contribution in [0.25, 0.3) is 0 Å². The van der Waals surface area contributed by atoms with Gasteiger partial charge in [-0.2, -0.15) is 0 Å². The smallest absolute Gasteiger partial charge is 0.0261 e. The van der Waals surface area contributed by atoms with E-state index in [1.54, 1.807) is 5.57 Å². The Balaban J connectivity index is 1.87. The van der Waals surface area contributed by atoms with Crippen LogP contribution in [0.15, 0.2) is 11.6 Å². The third-order valence-corrected chi connectivity index (χ3v) is 7.23. The monoisotopic (exact) mass is 260 g/mol. The molecule has 3 aliphatic carbocycles. The Morgan fingerprint density at radius 1 is 1.05 bits per heavy atom. The summed E-state index contributed by atoms with van der Waals surface area (Å²) in [7, 11) is 0. The molecule has 3 aliphatic rings. The second kappa shape index (κ2) is 4.64. The Morgan fingerprint density at radius 2 is 1.84 bits per heavy atom. The summed E-state index contributed by atoms with van der Waals surface area (Å²) >= 11 is 0. The maximum atomic E-state index is 2.66. The first kappa shape index (κ1) is 13.7. The molecule has 0 N–H and O–H groups in total. The van der Waals surface area contributed by atoms with Gasteiger partial charge in [-0.3, -0.25) is 0 Å². The van der Waals surface area contributed by atoms with E-state index in [0.717, 1.165) is 17.8 Å². The predicted octanol–water partition coefficient (Wildman–Crippen LogP) is 5.98. The fourth-order valence-corrected chi connectivity index (χ4v) is 6.30. The molecule has 108 valence electrons. The van der Waals surface area contributed by atoms with E-state index in [-0.39, 0.29) is 0 Å². The summed E-state index contributed by atoms with van der Waals surface area (Å²) in [6, 6.07) is 0. The van der Waals surface area contributed by atoms with Crippen LogP contribution >= 0.6 is 0 Å². The van der Waals surface area contributed by atoms with Crippen LogP contribution < -0.4 is 0 Å². The first-order chi connectivity index (χ1) is 8.97. The van der Waals surface area contributed by atoms with Gasteiger partial charge in [0.1, 0.15) is 0 Å². The second-order valence-corrected chi connectivity index (χ2v) is 8.53. The van der Waals surface area contributed by atoms with Crippen LogP contribution in [0.5, 0.6) is 0 Å². The molecule has 0 aromatic rings. The van der Waals surface area contributed by atoms with Crippen LogP contribution in [0, 0.1) is 28.6 Å². The lowest BCUT2D eigenvalue weighted by Crippen LogP contribution is -2.52. The van der Waals surface area contributed by atoms with Gasteiger partial charge in [-0.05, 0) is 80.5 Å². The first-order valence-electron chi connectivity index (χ1n) is 8.61. The van der Waals surface area contributed by atoms with Crippen LogP contribution in [0.4, 0.5) is 0 Å². The molecule has 0 heteroatoms. The molecular formula is C19H32. The van der Waals surface area contributed by atoms with Gasteiger partial charge in [0.25, 0.3) is 0 Å². The molecule has 0 amide bonds. The average molecular weight is 260 g/mol. The summed E-state index contributed by atoms with van der Waals surface area (Å²) in [5.41, 5.74) is 3.00. The van der Waals surface area contributed by atoms with Crippen LogP contribution in [-0.4, -0.2) is 0 Å². The van der Waals surface area contributed by atoms with Crippen LogP contribution in [0.3, 0.4) is 0 Å². The molecule has 0 saturated heterocycles. The minimum absolute atomic E-state index is 0.596. The third kappa shape index (κ3) is 2.10. The number of hydrogen-bond acceptors (Lipinski definition) is 0. The maximum absolute atomic E-state index is 2.66. The van der Waals surface area contributed by atoms with Crippen molar-refractivity contribution >= 4 is 0 Å². The van der Waals surface area contributed by atoms with Gasteiger partial charge in [-0.15, -0.1) is 0 Å². The van der Waals surface area contributed by atoms with Crippen molar-refractivity contribution in [3.63, 3.8) is 0 Å². The van der Waals surface area contributed by atoms with Gasteiger partial charge < -0.3 is 0 Å². The molecule has 19 heavy (non-hydrogen) atoms. The first-order valence-corrected chi connectivity index (χ1v) is 8.61. The van der Waals surface area contributed by atoms with Crippen LogP contribution in [0.1, 0.15) is 79.1 Å². The van der Waals surface area contributed by atoms with Crippen molar-refractivity contribution in [1.82, 2.24) is 0 Å². The second-order valence-electron chi connectivity index (χ2n) is 8.53. The summed E-state index contributed by atoms with van der Waals surface area (Å²) in [4.78, 5) is 0. The highest BCUT2D eigenvalue weighted by atomic mass is 14.6. The standard InChI is InChI=1S/C19H32/c1-5-14-7-9-16-15(13-14)8-10-17-18(2,3)11-6-12-19(16,17)4/h5,15-17H,6-13H2,1-4H3/b14-5+/t15-,16-,17?,19+/m0/s1.